The molecule has 1 aromatic carbocycles. The number of nitrogens with one attached hydrogen (secondary N) is 1. The van der Waals surface area contributed by atoms with Crippen LogP contribution in [0.15, 0.2) is 24.3 Å². The first-order valence-electron chi connectivity index (χ1n) is 6.27. The molecule has 1 atom stereocenters. The molecule has 1 saturated heterocycles. The molecule has 1 heterocycles. The molecule has 2 rings (SSSR count). The maximum absolute atomic E-state index is 11.9. The van der Waals surface area contributed by atoms with Crippen molar-refractivity contribution in [3.8, 4) is 0 Å². The first kappa shape index (κ1) is 13.1. The molecule has 1 aromatic rings. The van der Waals surface area contributed by atoms with Crippen molar-refractivity contribution in [3.05, 3.63) is 35.4 Å². The molecular formula is C14H17NO2S. The molecule has 1 fully saturated rings. The quantitative estimate of drug-likeness (QED) is 0.907. The Labute approximate surface area is 111 Å². The maximum atomic E-state index is 11.9. The molecule has 96 valence electrons. The first-order valence-corrected chi connectivity index (χ1v) is 7.25. The van der Waals surface area contributed by atoms with E-state index in [0.29, 0.717) is 5.56 Å². The van der Waals surface area contributed by atoms with Gasteiger partial charge < -0.3 is 5.32 Å². The van der Waals surface area contributed by atoms with Crippen LogP contribution < -0.4 is 5.32 Å². The molecule has 18 heavy (non-hydrogen) atoms. The SMILES string of the molecule is CCCc1ccc(C(=O)N[C@H]2CCSC2=O)cc1. The minimum Gasteiger partial charge on any atom is -0.341 e. The summed E-state index contributed by atoms with van der Waals surface area (Å²) in [5, 5.41) is 2.86. The fraction of sp³-hybridized carbons (Fsp3) is 0.429. The van der Waals surface area contributed by atoms with Gasteiger partial charge in [0.05, 0.1) is 6.04 Å². The van der Waals surface area contributed by atoms with E-state index < -0.39 is 0 Å². The molecule has 0 aliphatic carbocycles. The van der Waals surface area contributed by atoms with Gasteiger partial charge in [-0.2, -0.15) is 0 Å². The number of carbonyl (C=O) groups is 2. The number of hydrogen-bond donors (Lipinski definition) is 1. The lowest BCUT2D eigenvalue weighted by atomic mass is 10.1. The van der Waals surface area contributed by atoms with Crippen molar-refractivity contribution in [1.82, 2.24) is 5.32 Å². The Morgan fingerprint density at radius 2 is 2.11 bits per heavy atom. The summed E-state index contributed by atoms with van der Waals surface area (Å²) in [5.74, 6) is 0.651. The van der Waals surface area contributed by atoms with Crippen LogP contribution in [0, 0.1) is 0 Å². The van der Waals surface area contributed by atoms with Gasteiger partial charge in [0.25, 0.3) is 5.91 Å². The van der Waals surface area contributed by atoms with Gasteiger partial charge in [-0.25, -0.2) is 0 Å². The smallest absolute Gasteiger partial charge is 0.251 e. The summed E-state index contributed by atoms with van der Waals surface area (Å²) in [4.78, 5) is 23.4. The van der Waals surface area contributed by atoms with Crippen LogP contribution in [-0.2, 0) is 11.2 Å². The van der Waals surface area contributed by atoms with Gasteiger partial charge in [0.1, 0.15) is 0 Å². The third-order valence-corrected chi connectivity index (χ3v) is 4.00. The van der Waals surface area contributed by atoms with Gasteiger partial charge in [-0.05, 0) is 30.5 Å². The Morgan fingerprint density at radius 3 is 2.67 bits per heavy atom. The molecule has 0 aromatic heterocycles. The van der Waals surface area contributed by atoms with Crippen molar-refractivity contribution < 1.29 is 9.59 Å². The zero-order chi connectivity index (χ0) is 13.0. The van der Waals surface area contributed by atoms with E-state index in [0.717, 1.165) is 25.0 Å². The van der Waals surface area contributed by atoms with Crippen molar-refractivity contribution in [3.63, 3.8) is 0 Å². The molecule has 1 amide bonds. The van der Waals surface area contributed by atoms with Crippen LogP contribution >= 0.6 is 11.8 Å². The number of hydrogen-bond acceptors (Lipinski definition) is 3. The minimum absolute atomic E-state index is 0.0750. The fourth-order valence-electron chi connectivity index (χ4n) is 1.98. The molecule has 3 nitrogen and oxygen atoms in total. The van der Waals surface area contributed by atoms with E-state index in [1.807, 2.05) is 24.3 Å². The van der Waals surface area contributed by atoms with Gasteiger partial charge in [0.15, 0.2) is 0 Å². The Bertz CT molecular complexity index is 442. The molecule has 0 spiro atoms. The number of benzene rings is 1. The standard InChI is InChI=1S/C14H17NO2S/c1-2-3-10-4-6-11(7-5-10)13(16)15-12-8-9-18-14(12)17/h4-7,12H,2-3,8-9H2,1H3,(H,15,16)/t12-/m0/s1. The lowest BCUT2D eigenvalue weighted by Crippen LogP contribution is -2.37. The second-order valence-electron chi connectivity index (χ2n) is 4.43. The molecule has 1 N–H and O–H groups in total. The number of aryl methyl sites for hydroxylation is 1. The highest BCUT2D eigenvalue weighted by atomic mass is 32.2. The summed E-state index contributed by atoms with van der Waals surface area (Å²) in [6.07, 6.45) is 2.86. The van der Waals surface area contributed by atoms with Crippen LogP contribution in [0.25, 0.3) is 0 Å². The first-order chi connectivity index (χ1) is 8.70. The lowest BCUT2D eigenvalue weighted by Gasteiger charge is -2.10. The van der Waals surface area contributed by atoms with E-state index in [-0.39, 0.29) is 17.1 Å². The maximum Gasteiger partial charge on any atom is 0.251 e. The molecule has 0 saturated carbocycles. The predicted molar refractivity (Wildman–Crippen MR) is 73.8 cm³/mol. The van der Waals surface area contributed by atoms with Crippen LogP contribution in [0.2, 0.25) is 0 Å². The Hall–Kier alpha value is -1.29. The van der Waals surface area contributed by atoms with E-state index in [9.17, 15) is 9.59 Å². The third-order valence-electron chi connectivity index (χ3n) is 3.00. The van der Waals surface area contributed by atoms with Crippen LogP contribution in [0.3, 0.4) is 0 Å². The van der Waals surface area contributed by atoms with Gasteiger partial charge in [0.2, 0.25) is 5.12 Å². The zero-order valence-corrected chi connectivity index (χ0v) is 11.3. The van der Waals surface area contributed by atoms with E-state index in [4.69, 9.17) is 0 Å². The Balaban J connectivity index is 1.98. The van der Waals surface area contributed by atoms with Crippen molar-refractivity contribution in [1.29, 1.82) is 0 Å². The fourth-order valence-corrected chi connectivity index (χ4v) is 2.91. The van der Waals surface area contributed by atoms with Crippen LogP contribution in [-0.4, -0.2) is 22.8 Å². The summed E-state index contributed by atoms with van der Waals surface area (Å²) in [7, 11) is 0. The molecular weight excluding hydrogens is 246 g/mol. The molecule has 1 aliphatic heterocycles. The molecule has 1 aliphatic rings. The van der Waals surface area contributed by atoms with Gasteiger partial charge in [-0.3, -0.25) is 9.59 Å². The highest BCUT2D eigenvalue weighted by Gasteiger charge is 2.26. The molecule has 4 heteroatoms. The largest absolute Gasteiger partial charge is 0.341 e. The molecule has 0 bridgehead atoms. The second kappa shape index (κ2) is 6.05. The Morgan fingerprint density at radius 1 is 1.39 bits per heavy atom. The number of rotatable bonds is 4. The average molecular weight is 263 g/mol. The summed E-state index contributed by atoms with van der Waals surface area (Å²) in [6.45, 7) is 2.13. The number of amides is 1. The normalized spacial score (nSPS) is 18.9. The van der Waals surface area contributed by atoms with E-state index in [1.54, 1.807) is 0 Å². The minimum atomic E-state index is -0.308. The van der Waals surface area contributed by atoms with E-state index in [2.05, 4.69) is 12.2 Å². The van der Waals surface area contributed by atoms with Crippen molar-refractivity contribution >= 4 is 22.8 Å². The summed E-state index contributed by atoms with van der Waals surface area (Å²) in [6, 6.07) is 7.30. The van der Waals surface area contributed by atoms with Gasteiger partial charge in [0, 0.05) is 11.3 Å². The van der Waals surface area contributed by atoms with Gasteiger partial charge in [-0.1, -0.05) is 37.2 Å². The van der Waals surface area contributed by atoms with Crippen molar-refractivity contribution in [2.24, 2.45) is 0 Å². The average Bonchev–Trinajstić information content (AvgIpc) is 2.76. The second-order valence-corrected chi connectivity index (χ2v) is 5.53. The number of carbonyl (C=O) groups excluding carboxylic acids is 2. The number of thioether (sulfide) groups is 1. The van der Waals surface area contributed by atoms with Crippen LogP contribution in [0.1, 0.15) is 35.7 Å². The van der Waals surface area contributed by atoms with Crippen LogP contribution in [0.4, 0.5) is 0 Å². The predicted octanol–water partition coefficient (Wildman–Crippen LogP) is 2.40. The summed E-state index contributed by atoms with van der Waals surface area (Å²) < 4.78 is 0. The monoisotopic (exact) mass is 263 g/mol. The lowest BCUT2D eigenvalue weighted by molar-refractivity contribution is -0.112. The Kier molecular flexibility index (Phi) is 4.42. The van der Waals surface area contributed by atoms with E-state index >= 15 is 0 Å². The summed E-state index contributed by atoms with van der Waals surface area (Å²) >= 11 is 1.30. The van der Waals surface area contributed by atoms with E-state index in [1.165, 1.54) is 17.3 Å². The topological polar surface area (TPSA) is 46.2 Å². The molecule has 0 radical (unpaired) electrons. The van der Waals surface area contributed by atoms with Crippen molar-refractivity contribution in [2.75, 3.05) is 5.75 Å². The third kappa shape index (κ3) is 3.13. The van der Waals surface area contributed by atoms with Crippen LogP contribution in [0.5, 0.6) is 0 Å². The highest BCUT2D eigenvalue weighted by Crippen LogP contribution is 2.19. The van der Waals surface area contributed by atoms with Crippen molar-refractivity contribution in [2.45, 2.75) is 32.2 Å². The summed E-state index contributed by atoms with van der Waals surface area (Å²) in [5.41, 5.74) is 1.86. The zero-order valence-electron chi connectivity index (χ0n) is 10.4. The molecule has 0 unspecified atom stereocenters. The van der Waals surface area contributed by atoms with Gasteiger partial charge >= 0.3 is 0 Å². The highest BCUT2D eigenvalue weighted by molar-refractivity contribution is 8.14. The van der Waals surface area contributed by atoms with Gasteiger partial charge in [-0.15, -0.1) is 0 Å².